The molecule has 1 heterocycles. The predicted octanol–water partition coefficient (Wildman–Crippen LogP) is -1.00. The molecule has 1 aromatic rings. The smallest absolute Gasteiger partial charge is 0.326 e. The zero-order chi connectivity index (χ0) is 26.0. The Balaban J connectivity index is 3.06. The first-order valence-corrected chi connectivity index (χ1v) is 11.0. The number of aromatic nitrogens is 2. The molecule has 0 fully saturated rings. The van der Waals surface area contributed by atoms with Gasteiger partial charge in [0.05, 0.1) is 18.8 Å². The largest absolute Gasteiger partial charge is 0.481 e. The second kappa shape index (κ2) is 13.3. The van der Waals surface area contributed by atoms with Crippen molar-refractivity contribution in [1.29, 1.82) is 0 Å². The molecule has 0 aromatic carbocycles. The quantitative estimate of drug-likeness (QED) is 0.173. The summed E-state index contributed by atoms with van der Waals surface area (Å²) in [6.45, 7) is 6.79. The Bertz CT molecular complexity index is 858. The third-order valence-electron chi connectivity index (χ3n) is 5.37. The first-order valence-electron chi connectivity index (χ1n) is 11.0. The van der Waals surface area contributed by atoms with Crippen molar-refractivity contribution in [1.82, 2.24) is 25.9 Å². The number of carbonyl (C=O) groups is 5. The average Bonchev–Trinajstić information content (AvgIpc) is 3.26. The van der Waals surface area contributed by atoms with Crippen LogP contribution < -0.4 is 21.7 Å². The highest BCUT2D eigenvalue weighted by molar-refractivity contribution is 5.95. The van der Waals surface area contributed by atoms with E-state index in [1.54, 1.807) is 27.7 Å². The molecule has 0 spiro atoms. The van der Waals surface area contributed by atoms with Crippen LogP contribution in [0, 0.1) is 11.8 Å². The van der Waals surface area contributed by atoms with Gasteiger partial charge in [-0.2, -0.15) is 0 Å². The van der Waals surface area contributed by atoms with Crippen molar-refractivity contribution in [3.05, 3.63) is 18.2 Å². The lowest BCUT2D eigenvalue weighted by molar-refractivity contribution is -0.143. The SMILES string of the molecule is CCC(C)C(NC(=O)C(Cc1cnc[nH]1)NC(=O)C(NC(=O)C(N)CC(=O)O)C(C)C)C(=O)O. The average molecular weight is 483 g/mol. The van der Waals surface area contributed by atoms with Crippen LogP contribution in [0.3, 0.4) is 0 Å². The molecule has 34 heavy (non-hydrogen) atoms. The summed E-state index contributed by atoms with van der Waals surface area (Å²) in [4.78, 5) is 67.4. The first kappa shape index (κ1) is 28.6. The van der Waals surface area contributed by atoms with Crippen LogP contribution in [0.2, 0.25) is 0 Å². The van der Waals surface area contributed by atoms with Crippen molar-refractivity contribution >= 4 is 29.7 Å². The Morgan fingerprint density at radius 2 is 1.62 bits per heavy atom. The maximum Gasteiger partial charge on any atom is 0.326 e. The maximum absolute atomic E-state index is 13.0. The number of amides is 3. The van der Waals surface area contributed by atoms with Gasteiger partial charge >= 0.3 is 11.9 Å². The molecule has 13 nitrogen and oxygen atoms in total. The van der Waals surface area contributed by atoms with E-state index in [1.807, 2.05) is 0 Å². The van der Waals surface area contributed by atoms with Crippen LogP contribution in [0.25, 0.3) is 0 Å². The Hall–Kier alpha value is -3.48. The maximum atomic E-state index is 13.0. The number of rotatable bonds is 14. The fourth-order valence-corrected chi connectivity index (χ4v) is 3.10. The fourth-order valence-electron chi connectivity index (χ4n) is 3.10. The monoisotopic (exact) mass is 482 g/mol. The highest BCUT2D eigenvalue weighted by Gasteiger charge is 2.33. The van der Waals surface area contributed by atoms with Gasteiger partial charge in [0, 0.05) is 18.3 Å². The highest BCUT2D eigenvalue weighted by Crippen LogP contribution is 2.10. The number of nitrogens with zero attached hydrogens (tertiary/aromatic N) is 1. The summed E-state index contributed by atoms with van der Waals surface area (Å²) < 4.78 is 0. The van der Waals surface area contributed by atoms with Gasteiger partial charge in [-0.25, -0.2) is 9.78 Å². The number of nitrogens with one attached hydrogen (secondary N) is 4. The number of carbonyl (C=O) groups excluding carboxylic acids is 3. The minimum absolute atomic E-state index is 0.0122. The van der Waals surface area contributed by atoms with Crippen molar-refractivity contribution in [2.45, 2.75) is 71.1 Å². The van der Waals surface area contributed by atoms with Crippen LogP contribution >= 0.6 is 0 Å². The molecule has 5 atom stereocenters. The van der Waals surface area contributed by atoms with Gasteiger partial charge in [-0.15, -0.1) is 0 Å². The molecule has 0 saturated heterocycles. The van der Waals surface area contributed by atoms with E-state index >= 15 is 0 Å². The third kappa shape index (κ3) is 8.81. The molecule has 13 heteroatoms. The molecule has 0 saturated carbocycles. The van der Waals surface area contributed by atoms with Crippen LogP contribution in [-0.2, 0) is 30.4 Å². The fraction of sp³-hybridized carbons (Fsp3) is 0.619. The van der Waals surface area contributed by atoms with Crippen LogP contribution in [0.5, 0.6) is 0 Å². The van der Waals surface area contributed by atoms with Gasteiger partial charge < -0.3 is 36.9 Å². The van der Waals surface area contributed by atoms with Gasteiger partial charge in [-0.1, -0.05) is 34.1 Å². The number of carboxylic acid groups (broad SMARTS) is 2. The topological polar surface area (TPSA) is 217 Å². The summed E-state index contributed by atoms with van der Waals surface area (Å²) in [5.74, 6) is -5.50. The van der Waals surface area contributed by atoms with Crippen LogP contribution in [0.4, 0.5) is 0 Å². The second-order valence-electron chi connectivity index (χ2n) is 8.49. The third-order valence-corrected chi connectivity index (χ3v) is 5.37. The van der Waals surface area contributed by atoms with Crippen molar-refractivity contribution in [2.75, 3.05) is 0 Å². The summed E-state index contributed by atoms with van der Waals surface area (Å²) in [7, 11) is 0. The number of aliphatic carboxylic acids is 2. The molecule has 0 aliphatic heterocycles. The Labute approximate surface area is 197 Å². The summed E-state index contributed by atoms with van der Waals surface area (Å²) in [6, 6.07) is -4.81. The van der Waals surface area contributed by atoms with E-state index in [4.69, 9.17) is 10.8 Å². The van der Waals surface area contributed by atoms with Crippen molar-refractivity contribution in [3.8, 4) is 0 Å². The predicted molar refractivity (Wildman–Crippen MR) is 120 cm³/mol. The lowest BCUT2D eigenvalue weighted by Crippen LogP contribution is -2.59. The van der Waals surface area contributed by atoms with Gasteiger partial charge in [0.15, 0.2) is 0 Å². The molecular weight excluding hydrogens is 448 g/mol. The number of H-pyrrole nitrogens is 1. The first-order chi connectivity index (χ1) is 15.9. The molecule has 5 unspecified atom stereocenters. The second-order valence-corrected chi connectivity index (χ2v) is 8.49. The van der Waals surface area contributed by atoms with Gasteiger partial charge in [0.25, 0.3) is 0 Å². The van der Waals surface area contributed by atoms with Crippen LogP contribution in [-0.4, -0.2) is 74.0 Å². The minimum Gasteiger partial charge on any atom is -0.481 e. The van der Waals surface area contributed by atoms with Gasteiger partial charge in [-0.3, -0.25) is 19.2 Å². The summed E-state index contributed by atoms with van der Waals surface area (Å²) in [5, 5.41) is 25.8. The Kier molecular flexibility index (Phi) is 11.2. The van der Waals surface area contributed by atoms with E-state index in [0.29, 0.717) is 12.1 Å². The van der Waals surface area contributed by atoms with Crippen molar-refractivity contribution in [2.24, 2.45) is 17.6 Å². The molecule has 0 radical (unpaired) electrons. The highest BCUT2D eigenvalue weighted by atomic mass is 16.4. The molecule has 1 rings (SSSR count). The number of hydrogen-bond donors (Lipinski definition) is 7. The van der Waals surface area contributed by atoms with Crippen molar-refractivity contribution in [3.63, 3.8) is 0 Å². The van der Waals surface area contributed by atoms with E-state index in [2.05, 4.69) is 25.9 Å². The number of carboxylic acids is 2. The zero-order valence-electron chi connectivity index (χ0n) is 19.7. The molecule has 0 aliphatic rings. The van der Waals surface area contributed by atoms with E-state index < -0.39 is 66.2 Å². The van der Waals surface area contributed by atoms with Crippen LogP contribution in [0.1, 0.15) is 46.2 Å². The van der Waals surface area contributed by atoms with Crippen LogP contribution in [0.15, 0.2) is 12.5 Å². The minimum atomic E-state index is -1.36. The zero-order valence-corrected chi connectivity index (χ0v) is 19.7. The molecule has 3 amide bonds. The summed E-state index contributed by atoms with van der Waals surface area (Å²) >= 11 is 0. The number of aromatic amines is 1. The van der Waals surface area contributed by atoms with E-state index in [1.165, 1.54) is 12.5 Å². The summed E-state index contributed by atoms with van der Waals surface area (Å²) in [5.41, 5.74) is 6.09. The molecular formula is C21H34N6O7. The standard InChI is InChI=1S/C21H34N6O7/c1-5-11(4)17(21(33)34)27-19(31)14(6-12-8-23-9-24-12)25-20(32)16(10(2)3)26-18(30)13(22)7-15(28)29/h8-11,13-14,16-17H,5-7,22H2,1-4H3,(H,23,24)(H,25,32)(H,26,30)(H,27,31)(H,28,29)(H,33,34). The number of imidazole rings is 1. The van der Waals surface area contributed by atoms with Gasteiger partial charge in [-0.05, 0) is 11.8 Å². The van der Waals surface area contributed by atoms with Crippen molar-refractivity contribution < 1.29 is 34.2 Å². The molecule has 190 valence electrons. The Morgan fingerprint density at radius 1 is 1.00 bits per heavy atom. The number of nitrogens with two attached hydrogens (primary N) is 1. The number of hydrogen-bond acceptors (Lipinski definition) is 7. The molecule has 1 aromatic heterocycles. The molecule has 8 N–H and O–H groups in total. The molecule has 0 aliphatic carbocycles. The van der Waals surface area contributed by atoms with E-state index in [0.717, 1.165) is 0 Å². The molecule has 0 bridgehead atoms. The van der Waals surface area contributed by atoms with Gasteiger partial charge in [0.1, 0.15) is 18.1 Å². The van der Waals surface area contributed by atoms with Gasteiger partial charge in [0.2, 0.25) is 17.7 Å². The Morgan fingerprint density at radius 3 is 2.09 bits per heavy atom. The normalized spacial score (nSPS) is 15.5. The van der Waals surface area contributed by atoms with E-state index in [-0.39, 0.29) is 12.3 Å². The lowest BCUT2D eigenvalue weighted by Gasteiger charge is -2.27. The lowest BCUT2D eigenvalue weighted by atomic mass is 9.98. The van der Waals surface area contributed by atoms with E-state index in [9.17, 15) is 29.1 Å². The summed E-state index contributed by atoms with van der Waals surface area (Å²) in [6.07, 6.45) is 2.73.